The van der Waals surface area contributed by atoms with Gasteiger partial charge in [0.25, 0.3) is 5.91 Å². The van der Waals surface area contributed by atoms with Gasteiger partial charge in [-0.2, -0.15) is 0 Å². The van der Waals surface area contributed by atoms with Gasteiger partial charge in [0.2, 0.25) is 5.91 Å². The normalized spacial score (nSPS) is 11.7. The minimum Gasteiger partial charge on any atom is -0.497 e. The van der Waals surface area contributed by atoms with Gasteiger partial charge in [-0.3, -0.25) is 9.59 Å². The second-order valence-corrected chi connectivity index (χ2v) is 8.02. The minimum atomic E-state index is -0.356. The average molecular weight is 447 g/mol. The zero-order valence-corrected chi connectivity index (χ0v) is 18.4. The lowest BCUT2D eigenvalue weighted by Gasteiger charge is -2.15. The van der Waals surface area contributed by atoms with Gasteiger partial charge in [0, 0.05) is 23.7 Å². The lowest BCUT2D eigenvalue weighted by molar-refractivity contribution is -0.113. The third-order valence-electron chi connectivity index (χ3n) is 4.16. The van der Waals surface area contributed by atoms with Crippen molar-refractivity contribution < 1.29 is 14.3 Å². The first kappa shape index (κ1) is 21.8. The molecule has 3 aromatic rings. The number of hydrogen-bond acceptors (Lipinski definition) is 8. The Balaban J connectivity index is 1.61. The summed E-state index contributed by atoms with van der Waals surface area (Å²) >= 11 is 2.65. The minimum absolute atomic E-state index is 0.164. The molecule has 2 amide bonds. The highest BCUT2D eigenvalue weighted by Gasteiger charge is 2.20. The molecule has 30 heavy (non-hydrogen) atoms. The van der Waals surface area contributed by atoms with Crippen molar-refractivity contribution >= 4 is 40.0 Å². The molecule has 0 saturated carbocycles. The average Bonchev–Trinajstić information content (AvgIpc) is 3.41. The summed E-state index contributed by atoms with van der Waals surface area (Å²) in [6.45, 7) is 4.42. The Labute approximate surface area is 182 Å². The van der Waals surface area contributed by atoms with Crippen LogP contribution in [0.3, 0.4) is 0 Å². The zero-order chi connectivity index (χ0) is 21.5. The fourth-order valence-electron chi connectivity index (χ4n) is 2.68. The van der Waals surface area contributed by atoms with Gasteiger partial charge in [-0.05, 0) is 38.1 Å². The van der Waals surface area contributed by atoms with Crippen molar-refractivity contribution in [3.8, 4) is 5.75 Å². The Bertz CT molecular complexity index is 988. The molecule has 11 heteroatoms. The van der Waals surface area contributed by atoms with Gasteiger partial charge in [0.1, 0.15) is 5.75 Å². The molecule has 1 aromatic carbocycles. The van der Waals surface area contributed by atoms with Crippen molar-refractivity contribution in [2.24, 2.45) is 0 Å². The van der Waals surface area contributed by atoms with E-state index < -0.39 is 0 Å². The second kappa shape index (κ2) is 10.2. The summed E-state index contributed by atoms with van der Waals surface area (Å²) in [5.74, 6) is 1.12. The first-order valence-corrected chi connectivity index (χ1v) is 11.1. The molecule has 158 valence electrons. The molecule has 3 rings (SSSR count). The van der Waals surface area contributed by atoms with E-state index in [1.807, 2.05) is 18.4 Å². The Morgan fingerprint density at radius 2 is 2.03 bits per heavy atom. The summed E-state index contributed by atoms with van der Waals surface area (Å²) in [5, 5.41) is 17.1. The van der Waals surface area contributed by atoms with Gasteiger partial charge in [-0.1, -0.05) is 11.8 Å². The molecule has 0 aliphatic heterocycles. The Morgan fingerprint density at radius 1 is 1.27 bits per heavy atom. The Hall–Kier alpha value is -2.92. The summed E-state index contributed by atoms with van der Waals surface area (Å²) in [4.78, 5) is 28.6. The lowest BCUT2D eigenvalue weighted by Crippen LogP contribution is -2.28. The molecule has 0 saturated heterocycles. The number of carbonyl (C=O) groups excluding carboxylic acids is 2. The fraction of sp³-hybridized carbons (Fsp3) is 0.316. The van der Waals surface area contributed by atoms with Crippen molar-refractivity contribution in [2.75, 3.05) is 18.2 Å². The number of nitrogens with one attached hydrogen (secondary N) is 2. The van der Waals surface area contributed by atoms with E-state index in [4.69, 9.17) is 4.74 Å². The third-order valence-corrected chi connectivity index (χ3v) is 5.82. The van der Waals surface area contributed by atoms with E-state index >= 15 is 0 Å². The number of carbonyl (C=O) groups is 2. The predicted octanol–water partition coefficient (Wildman–Crippen LogP) is 2.98. The predicted molar refractivity (Wildman–Crippen MR) is 116 cm³/mol. The molecular formula is C19H22N6O3S2. The fourth-order valence-corrected chi connectivity index (χ4v) is 4.04. The van der Waals surface area contributed by atoms with Crippen molar-refractivity contribution in [3.63, 3.8) is 0 Å². The number of methoxy groups -OCH3 is 1. The zero-order valence-electron chi connectivity index (χ0n) is 16.8. The molecule has 0 aliphatic rings. The highest BCUT2D eigenvalue weighted by Crippen LogP contribution is 2.22. The van der Waals surface area contributed by atoms with E-state index in [9.17, 15) is 9.59 Å². The van der Waals surface area contributed by atoms with Crippen molar-refractivity contribution in [1.82, 2.24) is 25.1 Å². The summed E-state index contributed by atoms with van der Waals surface area (Å²) in [7, 11) is 1.58. The number of hydrogen-bond donors (Lipinski definition) is 2. The monoisotopic (exact) mass is 446 g/mol. The molecular weight excluding hydrogens is 424 g/mol. The molecule has 0 bridgehead atoms. The van der Waals surface area contributed by atoms with Crippen LogP contribution in [0.1, 0.15) is 36.1 Å². The molecule has 2 heterocycles. The summed E-state index contributed by atoms with van der Waals surface area (Å²) in [6.07, 6.45) is 1.63. The number of thioether (sulfide) groups is 1. The molecule has 2 N–H and O–H groups in total. The van der Waals surface area contributed by atoms with Crippen LogP contribution in [0.25, 0.3) is 0 Å². The van der Waals surface area contributed by atoms with Crippen LogP contribution in [-0.2, 0) is 11.3 Å². The maximum Gasteiger partial charge on any atom is 0.251 e. The van der Waals surface area contributed by atoms with E-state index in [-0.39, 0.29) is 23.6 Å². The number of aromatic nitrogens is 4. The van der Waals surface area contributed by atoms with Crippen LogP contribution in [0.2, 0.25) is 0 Å². The SMILES string of the molecule is CCn1c(SCC(=O)Nc2nccs2)nnc1[C@@H](C)NC(=O)c1ccc(OC)cc1. The lowest BCUT2D eigenvalue weighted by atomic mass is 10.2. The molecule has 9 nitrogen and oxygen atoms in total. The van der Waals surface area contributed by atoms with Crippen molar-refractivity contribution in [2.45, 2.75) is 31.6 Å². The highest BCUT2D eigenvalue weighted by molar-refractivity contribution is 7.99. The molecule has 2 aromatic heterocycles. The standard InChI is InChI=1S/C19H22N6O3S2/c1-4-25-16(12(2)21-17(27)13-5-7-14(28-3)8-6-13)23-24-19(25)30-11-15(26)22-18-20-9-10-29-18/h5-10,12H,4,11H2,1-3H3,(H,21,27)(H,20,22,26)/t12-/m1/s1. The number of anilines is 1. The van der Waals surface area contributed by atoms with Crippen molar-refractivity contribution in [1.29, 1.82) is 0 Å². The highest BCUT2D eigenvalue weighted by atomic mass is 32.2. The molecule has 0 spiro atoms. The molecule has 0 radical (unpaired) electrons. The van der Waals surface area contributed by atoms with E-state index in [1.54, 1.807) is 43.0 Å². The van der Waals surface area contributed by atoms with Gasteiger partial charge in [0.15, 0.2) is 16.1 Å². The number of benzene rings is 1. The van der Waals surface area contributed by atoms with Crippen LogP contribution < -0.4 is 15.4 Å². The first-order chi connectivity index (χ1) is 14.5. The van der Waals surface area contributed by atoms with Gasteiger partial charge in [-0.15, -0.1) is 21.5 Å². The summed E-state index contributed by atoms with van der Waals surface area (Å²) < 4.78 is 7.00. The number of nitrogens with zero attached hydrogens (tertiary/aromatic N) is 4. The van der Waals surface area contributed by atoms with Crippen LogP contribution in [-0.4, -0.2) is 44.4 Å². The molecule has 0 unspecified atom stereocenters. The van der Waals surface area contributed by atoms with E-state index in [2.05, 4.69) is 25.8 Å². The Kier molecular flexibility index (Phi) is 7.41. The third kappa shape index (κ3) is 5.36. The van der Waals surface area contributed by atoms with Gasteiger partial charge in [-0.25, -0.2) is 4.98 Å². The van der Waals surface area contributed by atoms with Gasteiger partial charge in [0.05, 0.1) is 18.9 Å². The molecule has 1 atom stereocenters. The van der Waals surface area contributed by atoms with Crippen LogP contribution in [0.5, 0.6) is 5.75 Å². The van der Waals surface area contributed by atoms with Crippen LogP contribution in [0, 0.1) is 0 Å². The molecule has 0 fully saturated rings. The molecule has 0 aliphatic carbocycles. The van der Waals surface area contributed by atoms with Crippen LogP contribution in [0.4, 0.5) is 5.13 Å². The van der Waals surface area contributed by atoms with E-state index in [0.717, 1.165) is 0 Å². The van der Waals surface area contributed by atoms with Crippen molar-refractivity contribution in [3.05, 3.63) is 47.2 Å². The van der Waals surface area contributed by atoms with Crippen LogP contribution >= 0.6 is 23.1 Å². The number of ether oxygens (including phenoxy) is 1. The second-order valence-electron chi connectivity index (χ2n) is 6.18. The number of amides is 2. The quantitative estimate of drug-likeness (QED) is 0.486. The Morgan fingerprint density at radius 3 is 2.67 bits per heavy atom. The van der Waals surface area contributed by atoms with Gasteiger partial charge >= 0.3 is 0 Å². The first-order valence-electron chi connectivity index (χ1n) is 9.22. The van der Waals surface area contributed by atoms with Crippen LogP contribution in [0.15, 0.2) is 41.0 Å². The van der Waals surface area contributed by atoms with E-state index in [0.29, 0.717) is 34.0 Å². The number of rotatable bonds is 9. The summed E-state index contributed by atoms with van der Waals surface area (Å²) in [5.41, 5.74) is 0.527. The largest absolute Gasteiger partial charge is 0.497 e. The van der Waals surface area contributed by atoms with E-state index in [1.165, 1.54) is 23.1 Å². The maximum absolute atomic E-state index is 12.5. The topological polar surface area (TPSA) is 111 Å². The van der Waals surface area contributed by atoms with Gasteiger partial charge < -0.3 is 19.9 Å². The smallest absolute Gasteiger partial charge is 0.251 e. The maximum atomic E-state index is 12.5. The number of thiazole rings is 1. The summed E-state index contributed by atoms with van der Waals surface area (Å²) in [6, 6.07) is 6.52.